The Kier molecular flexibility index (Phi) is 7.37. The fourth-order valence-electron chi connectivity index (χ4n) is 5.02. The van der Waals surface area contributed by atoms with E-state index in [1.807, 2.05) is 35.4 Å². The highest BCUT2D eigenvalue weighted by atomic mass is 35.5. The van der Waals surface area contributed by atoms with Crippen molar-refractivity contribution in [1.29, 1.82) is 0 Å². The molecule has 1 saturated heterocycles. The fraction of sp³-hybridized carbons (Fsp3) is 0.286. The van der Waals surface area contributed by atoms with E-state index in [4.69, 9.17) is 11.6 Å². The van der Waals surface area contributed by atoms with E-state index in [0.29, 0.717) is 35.6 Å². The van der Waals surface area contributed by atoms with E-state index < -0.39 is 5.82 Å². The van der Waals surface area contributed by atoms with Crippen LogP contribution in [0, 0.1) is 11.7 Å². The number of fused-ring (bicyclic) bond motifs is 6. The van der Waals surface area contributed by atoms with Gasteiger partial charge in [-0.1, -0.05) is 11.6 Å². The van der Waals surface area contributed by atoms with E-state index in [0.717, 1.165) is 60.5 Å². The van der Waals surface area contributed by atoms with Crippen molar-refractivity contribution in [3.05, 3.63) is 77.2 Å². The van der Waals surface area contributed by atoms with Crippen LogP contribution in [-0.2, 0) is 17.6 Å². The Balaban J connectivity index is 1.16. The molecule has 0 spiro atoms. The summed E-state index contributed by atoms with van der Waals surface area (Å²) in [7, 11) is 0. The van der Waals surface area contributed by atoms with Crippen molar-refractivity contribution in [3.8, 4) is 0 Å². The molecule has 1 fully saturated rings. The molecule has 6 bridgehead atoms. The lowest BCUT2D eigenvalue weighted by molar-refractivity contribution is -0.117. The van der Waals surface area contributed by atoms with Crippen LogP contribution in [0.5, 0.6) is 0 Å². The molecule has 3 aromatic heterocycles. The number of aryl methyl sites for hydroxylation is 2. The molecule has 0 unspecified atom stereocenters. The number of hydrogen-bond donors (Lipinski definition) is 3. The Morgan fingerprint density at radius 3 is 2.65 bits per heavy atom. The lowest BCUT2D eigenvalue weighted by atomic mass is 9.93. The molecule has 4 aromatic rings. The molecule has 1 aromatic carbocycles. The molecule has 0 aliphatic carbocycles. The van der Waals surface area contributed by atoms with Gasteiger partial charge >= 0.3 is 0 Å². The summed E-state index contributed by atoms with van der Waals surface area (Å²) in [4.78, 5) is 36.4. The van der Waals surface area contributed by atoms with Crippen LogP contribution in [0.3, 0.4) is 0 Å². The van der Waals surface area contributed by atoms with Crippen LogP contribution in [0.15, 0.2) is 55.2 Å². The number of hydrogen-bond acceptors (Lipinski definition) is 9. The lowest BCUT2D eigenvalue weighted by Crippen LogP contribution is -2.36. The molecule has 2 aliphatic rings. The topological polar surface area (TPSA) is 121 Å². The van der Waals surface area contributed by atoms with Gasteiger partial charge in [0.25, 0.3) is 0 Å². The number of rotatable bonds is 4. The van der Waals surface area contributed by atoms with Gasteiger partial charge in [0.05, 0.1) is 30.5 Å². The van der Waals surface area contributed by atoms with Gasteiger partial charge < -0.3 is 20.9 Å². The van der Waals surface area contributed by atoms with Crippen molar-refractivity contribution in [2.24, 2.45) is 5.92 Å². The summed E-state index contributed by atoms with van der Waals surface area (Å²) >= 11 is 6.37. The second-order valence-corrected chi connectivity index (χ2v) is 10.4. The predicted octanol–water partition coefficient (Wildman–Crippen LogP) is 5.29. The van der Waals surface area contributed by atoms with Crippen LogP contribution >= 0.6 is 11.6 Å². The van der Waals surface area contributed by atoms with Gasteiger partial charge in [-0.25, -0.2) is 19.3 Å². The predicted molar refractivity (Wildman–Crippen MR) is 152 cm³/mol. The quantitative estimate of drug-likeness (QED) is 0.306. The minimum Gasteiger partial charge on any atom is -0.341 e. The Bertz CT molecular complexity index is 1530. The van der Waals surface area contributed by atoms with Crippen molar-refractivity contribution < 1.29 is 9.18 Å². The number of nitrogens with zero attached hydrogens (tertiary/aromatic N) is 6. The Morgan fingerprint density at radius 1 is 1.00 bits per heavy atom. The molecule has 10 nitrogen and oxygen atoms in total. The van der Waals surface area contributed by atoms with E-state index in [2.05, 4.69) is 40.9 Å². The van der Waals surface area contributed by atoms with E-state index >= 15 is 0 Å². The lowest BCUT2D eigenvalue weighted by Gasteiger charge is -2.31. The fourth-order valence-corrected chi connectivity index (χ4v) is 5.16. The smallest absolute Gasteiger partial charge is 0.229 e. The van der Waals surface area contributed by atoms with Gasteiger partial charge in [-0.15, -0.1) is 0 Å². The molecule has 0 atom stereocenters. The molecule has 1 amide bonds. The van der Waals surface area contributed by atoms with Crippen LogP contribution in [0.4, 0.5) is 39.2 Å². The summed E-state index contributed by atoms with van der Waals surface area (Å²) in [5.74, 6) is 1.18. The highest BCUT2D eigenvalue weighted by Crippen LogP contribution is 2.30. The third kappa shape index (κ3) is 6.09. The van der Waals surface area contributed by atoms with E-state index in [9.17, 15) is 9.18 Å². The van der Waals surface area contributed by atoms with Crippen molar-refractivity contribution in [2.45, 2.75) is 32.1 Å². The number of anilines is 6. The highest BCUT2D eigenvalue weighted by Gasteiger charge is 2.23. The summed E-state index contributed by atoms with van der Waals surface area (Å²) in [6.45, 7) is 1.45. The van der Waals surface area contributed by atoms with Gasteiger partial charge in [0.1, 0.15) is 5.02 Å². The van der Waals surface area contributed by atoms with E-state index in [-0.39, 0.29) is 11.8 Å². The van der Waals surface area contributed by atoms with Crippen LogP contribution < -0.4 is 20.9 Å². The molecule has 2 aliphatic heterocycles. The Labute approximate surface area is 235 Å². The highest BCUT2D eigenvalue weighted by molar-refractivity contribution is 6.32. The van der Waals surface area contributed by atoms with E-state index in [1.54, 1.807) is 12.4 Å². The molecule has 6 rings (SSSR count). The van der Waals surface area contributed by atoms with Gasteiger partial charge in [0, 0.05) is 37.1 Å². The number of amides is 1. The Morgan fingerprint density at radius 2 is 1.82 bits per heavy atom. The Hall–Kier alpha value is -4.38. The first-order valence-electron chi connectivity index (χ1n) is 13.1. The number of carbonyl (C=O) groups excluding carboxylic acids is 1. The number of pyridine rings is 1. The number of piperidine rings is 1. The summed E-state index contributed by atoms with van der Waals surface area (Å²) < 4.78 is 13.1. The second kappa shape index (κ2) is 11.4. The average Bonchev–Trinajstić information content (AvgIpc) is 2.96. The molecule has 5 heterocycles. The van der Waals surface area contributed by atoms with Crippen LogP contribution in [0.2, 0.25) is 5.02 Å². The normalized spacial score (nSPS) is 15.1. The van der Waals surface area contributed by atoms with Crippen molar-refractivity contribution in [2.75, 3.05) is 33.9 Å². The molecule has 0 saturated carbocycles. The zero-order chi connectivity index (χ0) is 27.5. The number of halogens is 2. The van der Waals surface area contributed by atoms with Gasteiger partial charge in [-0.3, -0.25) is 9.78 Å². The minimum atomic E-state index is -0.452. The average molecular weight is 560 g/mol. The second-order valence-electron chi connectivity index (χ2n) is 9.98. The standard InChI is InChI=1S/C28H27ClFN9O/c29-23-16-32-27-36-22-9-18(12-31-15-22)1-2-19-11-21(35-26(23)38-27)3-4-24(19)37-25(40)10-17-5-7-39(8-6-17)28-33-13-20(30)14-34-28/h3-4,9,11-17H,1-2,5-8,10H2,(H,37,40)(H2,32,35,36,38). The molecular weight excluding hydrogens is 533 g/mol. The SMILES string of the molecule is O=C(CC1CCN(c2ncc(F)cn2)CC1)Nc1ccc2cc1CCc1cncc(c1)Nc1ncc(Cl)c(n1)N2. The maximum Gasteiger partial charge on any atom is 0.229 e. The largest absolute Gasteiger partial charge is 0.341 e. The number of aromatic nitrogens is 5. The van der Waals surface area contributed by atoms with Crippen molar-refractivity contribution in [1.82, 2.24) is 24.9 Å². The first-order chi connectivity index (χ1) is 19.5. The van der Waals surface area contributed by atoms with Crippen molar-refractivity contribution in [3.63, 3.8) is 0 Å². The van der Waals surface area contributed by atoms with Gasteiger partial charge in [-0.2, -0.15) is 4.98 Å². The van der Waals surface area contributed by atoms with Gasteiger partial charge in [0.2, 0.25) is 17.8 Å². The molecule has 40 heavy (non-hydrogen) atoms. The summed E-state index contributed by atoms with van der Waals surface area (Å²) in [6.07, 6.45) is 11.0. The van der Waals surface area contributed by atoms with Crippen LogP contribution in [0.1, 0.15) is 30.4 Å². The third-order valence-electron chi connectivity index (χ3n) is 7.10. The molecule has 0 radical (unpaired) electrons. The first-order valence-corrected chi connectivity index (χ1v) is 13.5. The molecule has 204 valence electrons. The zero-order valence-electron chi connectivity index (χ0n) is 21.6. The van der Waals surface area contributed by atoms with Gasteiger partial charge in [0.15, 0.2) is 11.6 Å². The maximum absolute atomic E-state index is 13.1. The van der Waals surface area contributed by atoms with Gasteiger partial charge in [-0.05, 0) is 67.0 Å². The zero-order valence-corrected chi connectivity index (χ0v) is 22.3. The third-order valence-corrected chi connectivity index (χ3v) is 7.37. The van der Waals surface area contributed by atoms with Crippen LogP contribution in [0.25, 0.3) is 0 Å². The number of nitrogens with one attached hydrogen (secondary N) is 3. The summed E-state index contributed by atoms with van der Waals surface area (Å²) in [5.41, 5.74) is 4.40. The molecule has 12 heteroatoms. The van der Waals surface area contributed by atoms with Crippen LogP contribution in [-0.4, -0.2) is 43.9 Å². The van der Waals surface area contributed by atoms with Crippen molar-refractivity contribution >= 4 is 52.3 Å². The summed E-state index contributed by atoms with van der Waals surface area (Å²) in [5, 5.41) is 9.99. The summed E-state index contributed by atoms with van der Waals surface area (Å²) in [6, 6.07) is 7.83. The minimum absolute atomic E-state index is 0.0206. The number of benzene rings is 1. The number of carbonyl (C=O) groups is 1. The monoisotopic (exact) mass is 559 g/mol. The molecule has 3 N–H and O–H groups in total. The van der Waals surface area contributed by atoms with E-state index in [1.165, 1.54) is 12.4 Å². The molecular formula is C28H27ClFN9O. The maximum atomic E-state index is 13.1. The first kappa shape index (κ1) is 25.9.